The van der Waals surface area contributed by atoms with Gasteiger partial charge in [-0.05, 0) is 31.0 Å². The minimum absolute atomic E-state index is 0.322. The lowest BCUT2D eigenvalue weighted by Gasteiger charge is -2.08. The van der Waals surface area contributed by atoms with Crippen molar-refractivity contribution in [2.75, 3.05) is 11.9 Å². The quantitative estimate of drug-likeness (QED) is 0.720. The summed E-state index contributed by atoms with van der Waals surface area (Å²) in [6.07, 6.45) is -3.75. The number of hydrogen-bond acceptors (Lipinski definition) is 5. The van der Waals surface area contributed by atoms with Crippen molar-refractivity contribution in [1.82, 2.24) is 15.2 Å². The highest BCUT2D eigenvalue weighted by atomic mass is 32.1. The van der Waals surface area contributed by atoms with Crippen molar-refractivity contribution >= 4 is 17.2 Å². The Labute approximate surface area is 146 Å². The number of rotatable bonds is 5. The molecule has 8 heteroatoms. The normalized spacial score (nSPS) is 11.5. The number of thiazole rings is 1. The van der Waals surface area contributed by atoms with Crippen LogP contribution < -0.4 is 5.32 Å². The molecule has 0 saturated heterocycles. The minimum atomic E-state index is -4.47. The van der Waals surface area contributed by atoms with Crippen molar-refractivity contribution in [3.8, 4) is 11.3 Å². The molecular weight excluding hydrogens is 349 g/mol. The van der Waals surface area contributed by atoms with E-state index in [1.165, 1.54) is 6.07 Å². The molecule has 4 nitrogen and oxygen atoms in total. The van der Waals surface area contributed by atoms with E-state index in [0.717, 1.165) is 34.3 Å². The summed E-state index contributed by atoms with van der Waals surface area (Å²) in [4.78, 5) is 4.45. The Hall–Kier alpha value is -2.48. The van der Waals surface area contributed by atoms with Crippen molar-refractivity contribution < 1.29 is 13.2 Å². The van der Waals surface area contributed by atoms with Gasteiger partial charge in [0.05, 0.1) is 10.7 Å². The van der Waals surface area contributed by atoms with Crippen LogP contribution in [0.2, 0.25) is 0 Å². The van der Waals surface area contributed by atoms with Crippen LogP contribution in [-0.2, 0) is 12.6 Å². The van der Waals surface area contributed by atoms with Crippen LogP contribution in [0.15, 0.2) is 41.8 Å². The van der Waals surface area contributed by atoms with Crippen molar-refractivity contribution in [3.63, 3.8) is 0 Å². The number of anilines is 1. The van der Waals surface area contributed by atoms with E-state index in [1.54, 1.807) is 11.3 Å². The standard InChI is InChI=1S/C17H15F3N4S/c1-11-22-14(10-25-11)13-4-2-12(3-5-13)8-9-21-16-7-6-15(23-24-16)17(18,19)20/h2-7,10H,8-9H2,1H3,(H,21,24). The van der Waals surface area contributed by atoms with Gasteiger partial charge >= 0.3 is 6.18 Å². The Morgan fingerprint density at radius 3 is 2.36 bits per heavy atom. The number of alkyl halides is 3. The second-order valence-electron chi connectivity index (χ2n) is 5.43. The second-order valence-corrected chi connectivity index (χ2v) is 6.49. The topological polar surface area (TPSA) is 50.7 Å². The van der Waals surface area contributed by atoms with Crippen LogP contribution in [0.1, 0.15) is 16.3 Å². The molecule has 0 aliphatic heterocycles. The third kappa shape index (κ3) is 4.54. The van der Waals surface area contributed by atoms with Gasteiger partial charge < -0.3 is 5.32 Å². The summed E-state index contributed by atoms with van der Waals surface area (Å²) >= 11 is 1.61. The lowest BCUT2D eigenvalue weighted by Crippen LogP contribution is -2.11. The molecule has 0 atom stereocenters. The summed E-state index contributed by atoms with van der Waals surface area (Å²) in [5, 5.41) is 12.7. The fourth-order valence-corrected chi connectivity index (χ4v) is 2.87. The Morgan fingerprint density at radius 2 is 1.80 bits per heavy atom. The first-order valence-electron chi connectivity index (χ1n) is 7.58. The lowest BCUT2D eigenvalue weighted by molar-refractivity contribution is -0.141. The molecule has 3 rings (SSSR count). The Balaban J connectivity index is 1.53. The third-order valence-electron chi connectivity index (χ3n) is 3.54. The van der Waals surface area contributed by atoms with Gasteiger partial charge in [0.1, 0.15) is 5.82 Å². The average Bonchev–Trinajstić information content (AvgIpc) is 3.02. The fourth-order valence-electron chi connectivity index (χ4n) is 2.25. The van der Waals surface area contributed by atoms with Gasteiger partial charge in [-0.25, -0.2) is 4.98 Å². The number of nitrogens with one attached hydrogen (secondary N) is 1. The molecule has 0 aliphatic carbocycles. The van der Waals surface area contributed by atoms with Crippen LogP contribution in [0.4, 0.5) is 19.0 Å². The molecule has 0 spiro atoms. The highest BCUT2D eigenvalue weighted by Crippen LogP contribution is 2.27. The Bertz CT molecular complexity index is 826. The SMILES string of the molecule is Cc1nc(-c2ccc(CCNc3ccc(C(F)(F)F)nn3)cc2)cs1. The molecule has 2 aromatic heterocycles. The predicted octanol–water partition coefficient (Wildman–Crippen LogP) is 4.58. The molecular formula is C17H15F3N4S. The lowest BCUT2D eigenvalue weighted by atomic mass is 10.1. The summed E-state index contributed by atoms with van der Waals surface area (Å²) in [6, 6.07) is 10.3. The van der Waals surface area contributed by atoms with E-state index < -0.39 is 11.9 Å². The molecule has 0 unspecified atom stereocenters. The largest absolute Gasteiger partial charge is 0.435 e. The van der Waals surface area contributed by atoms with Crippen molar-refractivity contribution in [3.05, 3.63) is 58.0 Å². The van der Waals surface area contributed by atoms with E-state index in [1.807, 2.05) is 36.6 Å². The third-order valence-corrected chi connectivity index (χ3v) is 4.32. The Morgan fingerprint density at radius 1 is 1.04 bits per heavy atom. The van der Waals surface area contributed by atoms with Crippen molar-refractivity contribution in [1.29, 1.82) is 0 Å². The second kappa shape index (κ2) is 7.18. The molecule has 0 amide bonds. The zero-order chi connectivity index (χ0) is 17.9. The van der Waals surface area contributed by atoms with Gasteiger partial charge in [-0.2, -0.15) is 13.2 Å². The molecule has 1 aromatic carbocycles. The van der Waals surface area contributed by atoms with E-state index in [2.05, 4.69) is 20.5 Å². The molecule has 3 aromatic rings. The molecule has 0 aliphatic rings. The summed E-state index contributed by atoms with van der Waals surface area (Å²) in [5.41, 5.74) is 2.15. The molecule has 0 radical (unpaired) electrons. The van der Waals surface area contributed by atoms with Gasteiger partial charge in [0, 0.05) is 17.5 Å². The van der Waals surface area contributed by atoms with Crippen LogP contribution in [0.25, 0.3) is 11.3 Å². The maximum Gasteiger partial charge on any atom is 0.435 e. The molecule has 0 bridgehead atoms. The zero-order valence-electron chi connectivity index (χ0n) is 13.3. The minimum Gasteiger partial charge on any atom is -0.368 e. The highest BCUT2D eigenvalue weighted by Gasteiger charge is 2.32. The van der Waals surface area contributed by atoms with Gasteiger partial charge in [-0.15, -0.1) is 21.5 Å². The Kier molecular flexibility index (Phi) is 4.98. The molecule has 130 valence electrons. The molecule has 25 heavy (non-hydrogen) atoms. The average molecular weight is 364 g/mol. The number of halogens is 3. The van der Waals surface area contributed by atoms with Crippen molar-refractivity contribution in [2.24, 2.45) is 0 Å². The first kappa shape index (κ1) is 17.3. The molecule has 0 fully saturated rings. The van der Waals surface area contributed by atoms with Gasteiger partial charge in [-0.1, -0.05) is 24.3 Å². The fraction of sp³-hybridized carbons (Fsp3) is 0.235. The zero-order valence-corrected chi connectivity index (χ0v) is 14.2. The summed E-state index contributed by atoms with van der Waals surface area (Å²) in [6.45, 7) is 2.52. The van der Waals surface area contributed by atoms with Crippen molar-refractivity contribution in [2.45, 2.75) is 19.5 Å². The van der Waals surface area contributed by atoms with E-state index in [0.29, 0.717) is 12.4 Å². The van der Waals surface area contributed by atoms with Crippen LogP contribution in [0.3, 0.4) is 0 Å². The number of nitrogens with zero attached hydrogens (tertiary/aromatic N) is 3. The summed E-state index contributed by atoms with van der Waals surface area (Å²) in [5.74, 6) is 0.322. The molecule has 1 N–H and O–H groups in total. The van der Waals surface area contributed by atoms with E-state index in [9.17, 15) is 13.2 Å². The number of aryl methyl sites for hydroxylation is 1. The number of aromatic nitrogens is 3. The number of hydrogen-bond donors (Lipinski definition) is 1. The van der Waals surface area contributed by atoms with Gasteiger partial charge in [0.2, 0.25) is 0 Å². The smallest absolute Gasteiger partial charge is 0.368 e. The summed E-state index contributed by atoms with van der Waals surface area (Å²) < 4.78 is 37.3. The van der Waals surface area contributed by atoms with Gasteiger partial charge in [0.15, 0.2) is 5.69 Å². The monoisotopic (exact) mass is 364 g/mol. The highest BCUT2D eigenvalue weighted by molar-refractivity contribution is 7.09. The maximum atomic E-state index is 12.4. The van der Waals surface area contributed by atoms with Crippen LogP contribution in [0, 0.1) is 6.92 Å². The van der Waals surface area contributed by atoms with Crippen LogP contribution in [-0.4, -0.2) is 21.7 Å². The molecule has 2 heterocycles. The van der Waals surface area contributed by atoms with Gasteiger partial charge in [0.25, 0.3) is 0 Å². The predicted molar refractivity (Wildman–Crippen MR) is 91.5 cm³/mol. The van der Waals surface area contributed by atoms with Crippen LogP contribution in [0.5, 0.6) is 0 Å². The first-order chi connectivity index (χ1) is 11.9. The maximum absolute atomic E-state index is 12.4. The van der Waals surface area contributed by atoms with E-state index in [4.69, 9.17) is 0 Å². The first-order valence-corrected chi connectivity index (χ1v) is 8.46. The van der Waals surface area contributed by atoms with E-state index >= 15 is 0 Å². The summed E-state index contributed by atoms with van der Waals surface area (Å²) in [7, 11) is 0. The number of benzene rings is 1. The molecule has 0 saturated carbocycles. The van der Waals surface area contributed by atoms with Gasteiger partial charge in [-0.3, -0.25) is 0 Å². The van der Waals surface area contributed by atoms with Crippen LogP contribution >= 0.6 is 11.3 Å². The van der Waals surface area contributed by atoms with E-state index in [-0.39, 0.29) is 0 Å².